The van der Waals surface area contributed by atoms with Crippen molar-refractivity contribution in [1.82, 2.24) is 10.6 Å². The van der Waals surface area contributed by atoms with Crippen LogP contribution in [-0.4, -0.2) is 41.2 Å². The highest BCUT2D eigenvalue weighted by molar-refractivity contribution is 7.99. The maximum Gasteiger partial charge on any atom is 0.321 e. The smallest absolute Gasteiger partial charge is 0.321 e. The molecule has 0 saturated heterocycles. The topological polar surface area (TPSA) is 78.4 Å². The normalized spacial score (nSPS) is 23.9. The van der Waals surface area contributed by atoms with Crippen LogP contribution in [0.2, 0.25) is 0 Å². The molecule has 0 aromatic rings. The minimum Gasteiger partial charge on any atom is -0.396 e. The van der Waals surface area contributed by atoms with Crippen LogP contribution in [0, 0.1) is 11.8 Å². The number of hydrogen-bond acceptors (Lipinski definition) is 4. The Kier molecular flexibility index (Phi) is 7.99. The first-order chi connectivity index (χ1) is 9.52. The van der Waals surface area contributed by atoms with E-state index in [1.54, 1.807) is 0 Å². The molecule has 6 heteroatoms. The summed E-state index contributed by atoms with van der Waals surface area (Å²) >= 11 is 1.43. The fraction of sp³-hybridized carbons (Fsp3) is 0.857. The number of imide groups is 1. The molecule has 3 atom stereocenters. The summed E-state index contributed by atoms with van der Waals surface area (Å²) < 4.78 is 0. The fourth-order valence-electron chi connectivity index (χ4n) is 2.30. The fourth-order valence-corrected chi connectivity index (χ4v) is 3.19. The van der Waals surface area contributed by atoms with Gasteiger partial charge in [0.15, 0.2) is 0 Å². The number of carbonyl (C=O) groups is 2. The second-order valence-corrected chi connectivity index (χ2v) is 6.72. The molecular weight excluding hydrogens is 276 g/mol. The third kappa shape index (κ3) is 6.61. The number of thioether (sulfide) groups is 1. The summed E-state index contributed by atoms with van der Waals surface area (Å²) in [5.74, 6) is 1.33. The van der Waals surface area contributed by atoms with Crippen molar-refractivity contribution in [2.45, 2.75) is 45.6 Å². The molecule has 0 heterocycles. The van der Waals surface area contributed by atoms with Crippen molar-refractivity contribution in [3.63, 3.8) is 0 Å². The number of rotatable bonds is 6. The number of nitrogens with one attached hydrogen (secondary N) is 2. The van der Waals surface area contributed by atoms with Crippen LogP contribution >= 0.6 is 11.8 Å². The molecule has 1 saturated carbocycles. The largest absolute Gasteiger partial charge is 0.396 e. The van der Waals surface area contributed by atoms with Gasteiger partial charge in [-0.3, -0.25) is 10.1 Å². The zero-order valence-corrected chi connectivity index (χ0v) is 13.2. The Balaban J connectivity index is 2.19. The van der Waals surface area contributed by atoms with Crippen molar-refractivity contribution in [1.29, 1.82) is 0 Å². The molecule has 0 aromatic heterocycles. The molecule has 20 heavy (non-hydrogen) atoms. The Morgan fingerprint density at radius 3 is 2.70 bits per heavy atom. The lowest BCUT2D eigenvalue weighted by molar-refractivity contribution is -0.117. The van der Waals surface area contributed by atoms with Crippen molar-refractivity contribution in [3.05, 3.63) is 0 Å². The average molecular weight is 302 g/mol. The summed E-state index contributed by atoms with van der Waals surface area (Å²) in [6.45, 7) is 4.18. The highest BCUT2D eigenvalue weighted by Crippen LogP contribution is 2.23. The van der Waals surface area contributed by atoms with Gasteiger partial charge in [0.2, 0.25) is 5.91 Å². The first kappa shape index (κ1) is 17.3. The van der Waals surface area contributed by atoms with Gasteiger partial charge in [-0.1, -0.05) is 26.7 Å². The van der Waals surface area contributed by atoms with Crippen LogP contribution in [0.4, 0.5) is 4.79 Å². The molecule has 116 valence electrons. The Morgan fingerprint density at radius 2 is 2.05 bits per heavy atom. The number of aliphatic hydroxyl groups excluding tert-OH is 1. The van der Waals surface area contributed by atoms with Crippen LogP contribution in [0.5, 0.6) is 0 Å². The monoisotopic (exact) mass is 302 g/mol. The third-order valence-corrected chi connectivity index (χ3v) is 4.90. The molecule has 1 fully saturated rings. The zero-order valence-electron chi connectivity index (χ0n) is 12.4. The third-order valence-electron chi connectivity index (χ3n) is 3.63. The molecule has 0 spiro atoms. The Bertz CT molecular complexity index is 326. The van der Waals surface area contributed by atoms with Crippen LogP contribution < -0.4 is 10.6 Å². The van der Waals surface area contributed by atoms with Gasteiger partial charge in [0, 0.05) is 12.6 Å². The first-order valence-electron chi connectivity index (χ1n) is 7.32. The maximum absolute atomic E-state index is 11.7. The highest BCUT2D eigenvalue weighted by atomic mass is 32.2. The molecule has 3 N–H and O–H groups in total. The van der Waals surface area contributed by atoms with Gasteiger partial charge in [0.25, 0.3) is 0 Å². The minimum atomic E-state index is -0.385. The van der Waals surface area contributed by atoms with Crippen molar-refractivity contribution in [2.75, 3.05) is 18.1 Å². The molecule has 3 unspecified atom stereocenters. The van der Waals surface area contributed by atoms with E-state index in [2.05, 4.69) is 17.6 Å². The SMILES string of the molecule is CC(CO)CSCC(=O)NC(=O)NC1CCCCC1C. The van der Waals surface area contributed by atoms with Crippen LogP contribution in [0.3, 0.4) is 0 Å². The van der Waals surface area contributed by atoms with Gasteiger partial charge in [-0.2, -0.15) is 11.8 Å². The summed E-state index contributed by atoms with van der Waals surface area (Å²) in [7, 11) is 0. The van der Waals surface area contributed by atoms with Gasteiger partial charge in [0.1, 0.15) is 0 Å². The summed E-state index contributed by atoms with van der Waals surface area (Å²) in [6, 6.07) is -0.205. The lowest BCUT2D eigenvalue weighted by Gasteiger charge is -2.29. The molecule has 0 aliphatic heterocycles. The van der Waals surface area contributed by atoms with E-state index in [1.807, 2.05) is 6.92 Å². The summed E-state index contributed by atoms with van der Waals surface area (Å²) in [6.07, 6.45) is 4.48. The second kappa shape index (κ2) is 9.23. The van der Waals surface area contributed by atoms with Crippen LogP contribution in [0.15, 0.2) is 0 Å². The van der Waals surface area contributed by atoms with E-state index >= 15 is 0 Å². The van der Waals surface area contributed by atoms with Crippen molar-refractivity contribution in [2.24, 2.45) is 11.8 Å². The van der Waals surface area contributed by atoms with E-state index in [9.17, 15) is 9.59 Å². The van der Waals surface area contributed by atoms with Crippen LogP contribution in [0.25, 0.3) is 0 Å². The lowest BCUT2D eigenvalue weighted by atomic mass is 9.86. The lowest BCUT2D eigenvalue weighted by Crippen LogP contribution is -2.48. The van der Waals surface area contributed by atoms with Gasteiger partial charge >= 0.3 is 6.03 Å². The minimum absolute atomic E-state index is 0.120. The van der Waals surface area contributed by atoms with E-state index in [4.69, 9.17) is 5.11 Å². The quantitative estimate of drug-likeness (QED) is 0.698. The first-order valence-corrected chi connectivity index (χ1v) is 8.47. The molecule has 3 amide bonds. The van der Waals surface area contributed by atoms with Gasteiger partial charge in [0.05, 0.1) is 5.75 Å². The predicted molar refractivity (Wildman–Crippen MR) is 81.7 cm³/mol. The number of amides is 3. The molecular formula is C14H26N2O3S. The Hall–Kier alpha value is -0.750. The van der Waals surface area contributed by atoms with Gasteiger partial charge in [-0.15, -0.1) is 0 Å². The molecule has 0 bridgehead atoms. The van der Waals surface area contributed by atoms with Crippen LogP contribution in [0.1, 0.15) is 39.5 Å². The second-order valence-electron chi connectivity index (χ2n) is 5.69. The highest BCUT2D eigenvalue weighted by Gasteiger charge is 2.23. The maximum atomic E-state index is 11.7. The van der Waals surface area contributed by atoms with E-state index < -0.39 is 0 Å². The average Bonchev–Trinajstić information content (AvgIpc) is 2.41. The molecule has 1 aliphatic rings. The molecule has 1 rings (SSSR count). The predicted octanol–water partition coefficient (Wildman–Crippen LogP) is 1.75. The van der Waals surface area contributed by atoms with E-state index in [-0.39, 0.29) is 36.3 Å². The molecule has 0 aromatic carbocycles. The number of hydrogen-bond donors (Lipinski definition) is 3. The number of urea groups is 1. The van der Waals surface area contributed by atoms with Crippen LogP contribution in [-0.2, 0) is 4.79 Å². The van der Waals surface area contributed by atoms with Gasteiger partial charge in [-0.25, -0.2) is 4.79 Å². The van der Waals surface area contributed by atoms with Gasteiger partial charge in [-0.05, 0) is 30.4 Å². The van der Waals surface area contributed by atoms with E-state index in [0.717, 1.165) is 19.3 Å². The summed E-state index contributed by atoms with van der Waals surface area (Å²) in [5, 5.41) is 14.1. The molecule has 0 radical (unpaired) electrons. The van der Waals surface area contributed by atoms with Crippen molar-refractivity contribution < 1.29 is 14.7 Å². The van der Waals surface area contributed by atoms with Crippen molar-refractivity contribution in [3.8, 4) is 0 Å². The van der Waals surface area contributed by atoms with Crippen molar-refractivity contribution >= 4 is 23.7 Å². The molecule has 1 aliphatic carbocycles. The Morgan fingerprint density at radius 1 is 1.35 bits per heavy atom. The van der Waals surface area contributed by atoms with E-state index in [0.29, 0.717) is 11.7 Å². The zero-order chi connectivity index (χ0) is 15.0. The standard InChI is InChI=1S/C14H26N2O3S/c1-10(7-17)8-20-9-13(18)16-14(19)15-12-6-4-3-5-11(12)2/h10-12,17H,3-9H2,1-2H3,(H2,15,16,18,19). The number of carbonyl (C=O) groups excluding carboxylic acids is 2. The molecule has 5 nitrogen and oxygen atoms in total. The number of aliphatic hydroxyl groups is 1. The summed E-state index contributed by atoms with van der Waals surface area (Å²) in [5.41, 5.74) is 0. The Labute approximate surface area is 125 Å². The van der Waals surface area contributed by atoms with Gasteiger partial charge < -0.3 is 10.4 Å². The van der Waals surface area contributed by atoms with E-state index in [1.165, 1.54) is 18.2 Å². The summed E-state index contributed by atoms with van der Waals surface area (Å²) in [4.78, 5) is 23.3.